The second kappa shape index (κ2) is 6.03. The Morgan fingerprint density at radius 2 is 1.91 bits per heavy atom. The fourth-order valence-electron chi connectivity index (χ4n) is 2.17. The van der Waals surface area contributed by atoms with Gasteiger partial charge in [0.2, 0.25) is 5.91 Å². The number of benzene rings is 2. The summed E-state index contributed by atoms with van der Waals surface area (Å²) >= 11 is 6.04. The van der Waals surface area contributed by atoms with E-state index in [0.717, 1.165) is 10.9 Å². The van der Waals surface area contributed by atoms with E-state index in [1.54, 1.807) is 30.3 Å². The number of amides is 1. The monoisotopic (exact) mass is 313 g/mol. The van der Waals surface area contributed by atoms with Crippen LogP contribution < -0.4 is 10.9 Å². The van der Waals surface area contributed by atoms with Crippen LogP contribution >= 0.6 is 11.6 Å². The molecule has 2 aromatic carbocycles. The Labute approximate surface area is 131 Å². The fourth-order valence-corrected chi connectivity index (χ4v) is 2.37. The Morgan fingerprint density at radius 1 is 1.09 bits per heavy atom. The first-order valence-electron chi connectivity index (χ1n) is 6.69. The lowest BCUT2D eigenvalue weighted by atomic mass is 10.1. The molecule has 0 saturated carbocycles. The first kappa shape index (κ1) is 14.4. The predicted octanol–water partition coefficient (Wildman–Crippen LogP) is 3.63. The largest absolute Gasteiger partial charge is 0.423 e. The van der Waals surface area contributed by atoms with Gasteiger partial charge >= 0.3 is 5.63 Å². The zero-order valence-electron chi connectivity index (χ0n) is 11.5. The van der Waals surface area contributed by atoms with Gasteiger partial charge in [-0.1, -0.05) is 29.8 Å². The van der Waals surface area contributed by atoms with Gasteiger partial charge in [0.1, 0.15) is 5.58 Å². The van der Waals surface area contributed by atoms with Gasteiger partial charge in [-0.3, -0.25) is 4.79 Å². The number of halogens is 1. The van der Waals surface area contributed by atoms with Crippen molar-refractivity contribution in [3.8, 4) is 0 Å². The van der Waals surface area contributed by atoms with Crippen LogP contribution in [-0.2, 0) is 11.2 Å². The quantitative estimate of drug-likeness (QED) is 0.751. The van der Waals surface area contributed by atoms with Gasteiger partial charge in [0, 0.05) is 22.2 Å². The number of fused-ring (bicyclic) bond motifs is 1. The summed E-state index contributed by atoms with van der Waals surface area (Å²) in [6.45, 7) is 0. The zero-order chi connectivity index (χ0) is 15.5. The van der Waals surface area contributed by atoms with Crippen molar-refractivity contribution < 1.29 is 9.21 Å². The number of nitrogens with one attached hydrogen (secondary N) is 1. The standard InChI is InChI=1S/C17H12ClNO3/c18-14-4-2-1-3-11(14)10-16(20)19-13-6-7-15-12(9-13)5-8-17(21)22-15/h1-9H,10H2,(H,19,20). The molecule has 1 amide bonds. The summed E-state index contributed by atoms with van der Waals surface area (Å²) in [6.07, 6.45) is 0.196. The first-order chi connectivity index (χ1) is 10.6. The average Bonchev–Trinajstić information content (AvgIpc) is 2.50. The molecule has 0 radical (unpaired) electrons. The maximum Gasteiger partial charge on any atom is 0.336 e. The van der Waals surface area contributed by atoms with Crippen molar-refractivity contribution in [2.45, 2.75) is 6.42 Å². The van der Waals surface area contributed by atoms with Crippen LogP contribution in [0.5, 0.6) is 0 Å². The van der Waals surface area contributed by atoms with Crippen LogP contribution in [0.3, 0.4) is 0 Å². The molecular weight excluding hydrogens is 302 g/mol. The maximum absolute atomic E-state index is 12.1. The van der Waals surface area contributed by atoms with Crippen LogP contribution in [0.25, 0.3) is 11.0 Å². The van der Waals surface area contributed by atoms with E-state index in [1.165, 1.54) is 6.07 Å². The number of hydrogen-bond acceptors (Lipinski definition) is 3. The summed E-state index contributed by atoms with van der Waals surface area (Å²) in [6, 6.07) is 15.3. The number of rotatable bonds is 3. The molecule has 22 heavy (non-hydrogen) atoms. The Morgan fingerprint density at radius 3 is 2.73 bits per heavy atom. The normalized spacial score (nSPS) is 10.6. The molecule has 110 valence electrons. The molecule has 1 aromatic heterocycles. The van der Waals surface area contributed by atoms with Crippen molar-refractivity contribution >= 4 is 34.2 Å². The molecule has 5 heteroatoms. The minimum atomic E-state index is -0.400. The molecule has 0 fully saturated rings. The van der Waals surface area contributed by atoms with Gasteiger partial charge < -0.3 is 9.73 Å². The Balaban J connectivity index is 1.78. The van der Waals surface area contributed by atoms with E-state index in [4.69, 9.17) is 16.0 Å². The van der Waals surface area contributed by atoms with E-state index in [1.807, 2.05) is 18.2 Å². The molecule has 3 aromatic rings. The number of anilines is 1. The van der Waals surface area contributed by atoms with E-state index in [0.29, 0.717) is 16.3 Å². The smallest absolute Gasteiger partial charge is 0.336 e. The van der Waals surface area contributed by atoms with E-state index in [2.05, 4.69) is 5.32 Å². The molecule has 0 aliphatic heterocycles. The van der Waals surface area contributed by atoms with Gasteiger partial charge in [0.25, 0.3) is 0 Å². The van der Waals surface area contributed by atoms with Crippen LogP contribution in [0, 0.1) is 0 Å². The summed E-state index contributed by atoms with van der Waals surface area (Å²) in [5.74, 6) is -0.162. The van der Waals surface area contributed by atoms with Crippen molar-refractivity contribution in [1.82, 2.24) is 0 Å². The third kappa shape index (κ3) is 3.18. The van der Waals surface area contributed by atoms with Crippen molar-refractivity contribution in [2.75, 3.05) is 5.32 Å². The lowest BCUT2D eigenvalue weighted by Crippen LogP contribution is -2.14. The highest BCUT2D eigenvalue weighted by Gasteiger charge is 2.08. The minimum Gasteiger partial charge on any atom is -0.423 e. The Kier molecular flexibility index (Phi) is 3.94. The second-order valence-electron chi connectivity index (χ2n) is 4.82. The summed E-state index contributed by atoms with van der Waals surface area (Å²) in [7, 11) is 0. The molecular formula is C17H12ClNO3. The topological polar surface area (TPSA) is 59.3 Å². The molecule has 0 spiro atoms. The molecule has 1 N–H and O–H groups in total. The highest BCUT2D eigenvalue weighted by Crippen LogP contribution is 2.19. The van der Waals surface area contributed by atoms with Crippen molar-refractivity contribution in [3.05, 3.63) is 75.6 Å². The van der Waals surface area contributed by atoms with Crippen molar-refractivity contribution in [3.63, 3.8) is 0 Å². The third-order valence-corrected chi connectivity index (χ3v) is 3.58. The van der Waals surface area contributed by atoms with Gasteiger partial charge in [-0.25, -0.2) is 4.79 Å². The van der Waals surface area contributed by atoms with Crippen LogP contribution in [0.4, 0.5) is 5.69 Å². The van der Waals surface area contributed by atoms with Crippen LogP contribution in [0.2, 0.25) is 5.02 Å². The Hall–Kier alpha value is -2.59. The zero-order valence-corrected chi connectivity index (χ0v) is 12.3. The summed E-state index contributed by atoms with van der Waals surface area (Å²) in [5, 5.41) is 4.12. The van der Waals surface area contributed by atoms with Gasteiger partial charge in [-0.2, -0.15) is 0 Å². The van der Waals surface area contributed by atoms with E-state index in [9.17, 15) is 9.59 Å². The first-order valence-corrected chi connectivity index (χ1v) is 7.07. The second-order valence-corrected chi connectivity index (χ2v) is 5.23. The molecule has 0 unspecified atom stereocenters. The van der Waals surface area contributed by atoms with Crippen LogP contribution in [0.15, 0.2) is 63.8 Å². The predicted molar refractivity (Wildman–Crippen MR) is 86.3 cm³/mol. The van der Waals surface area contributed by atoms with Gasteiger partial charge in [0.15, 0.2) is 0 Å². The van der Waals surface area contributed by atoms with Gasteiger partial charge in [0.05, 0.1) is 6.42 Å². The summed E-state index contributed by atoms with van der Waals surface area (Å²) in [4.78, 5) is 23.2. The maximum atomic E-state index is 12.1. The highest BCUT2D eigenvalue weighted by atomic mass is 35.5. The number of carbonyl (C=O) groups is 1. The molecule has 0 atom stereocenters. The summed E-state index contributed by atoms with van der Waals surface area (Å²) < 4.78 is 5.05. The van der Waals surface area contributed by atoms with Gasteiger partial charge in [-0.15, -0.1) is 0 Å². The van der Waals surface area contributed by atoms with Crippen molar-refractivity contribution in [2.24, 2.45) is 0 Å². The molecule has 0 bridgehead atoms. The average molecular weight is 314 g/mol. The van der Waals surface area contributed by atoms with E-state index in [-0.39, 0.29) is 12.3 Å². The van der Waals surface area contributed by atoms with E-state index < -0.39 is 5.63 Å². The van der Waals surface area contributed by atoms with Crippen LogP contribution in [0.1, 0.15) is 5.56 Å². The molecule has 1 heterocycles. The molecule has 4 nitrogen and oxygen atoms in total. The lowest BCUT2D eigenvalue weighted by Gasteiger charge is -2.07. The molecule has 0 aliphatic carbocycles. The molecule has 3 rings (SSSR count). The lowest BCUT2D eigenvalue weighted by molar-refractivity contribution is -0.115. The molecule has 0 saturated heterocycles. The SMILES string of the molecule is O=C(Cc1ccccc1Cl)Nc1ccc2oc(=O)ccc2c1. The fraction of sp³-hybridized carbons (Fsp3) is 0.0588. The Bertz CT molecular complexity index is 902. The number of hydrogen-bond donors (Lipinski definition) is 1. The number of carbonyl (C=O) groups excluding carboxylic acids is 1. The minimum absolute atomic E-state index is 0.162. The molecule has 0 aliphatic rings. The van der Waals surface area contributed by atoms with Gasteiger partial charge in [-0.05, 0) is 35.9 Å². The van der Waals surface area contributed by atoms with E-state index >= 15 is 0 Å². The van der Waals surface area contributed by atoms with Crippen LogP contribution in [-0.4, -0.2) is 5.91 Å². The van der Waals surface area contributed by atoms with Crippen molar-refractivity contribution in [1.29, 1.82) is 0 Å². The summed E-state index contributed by atoms with van der Waals surface area (Å²) in [5.41, 5.74) is 1.49. The third-order valence-electron chi connectivity index (χ3n) is 3.21. The highest BCUT2D eigenvalue weighted by molar-refractivity contribution is 6.31.